The van der Waals surface area contributed by atoms with E-state index >= 15 is 4.79 Å². The van der Waals surface area contributed by atoms with E-state index in [4.69, 9.17) is 14.2 Å². The number of nitrogens with zero attached hydrogens (tertiary/aromatic N) is 2. The quantitative estimate of drug-likeness (QED) is 0.0497. The third-order valence-electron chi connectivity index (χ3n) is 9.09. The Kier molecular flexibility index (Phi) is 16.0. The van der Waals surface area contributed by atoms with Crippen LogP contribution in [0.15, 0.2) is 110 Å². The molecule has 0 saturated carbocycles. The second-order valence-electron chi connectivity index (χ2n) is 15.0. The van der Waals surface area contributed by atoms with Crippen molar-refractivity contribution in [1.29, 1.82) is 0 Å². The lowest BCUT2D eigenvalue weighted by Gasteiger charge is -2.38. The summed E-state index contributed by atoms with van der Waals surface area (Å²) in [5.74, 6) is -0.0878. The lowest BCUT2D eigenvalue weighted by Crippen LogP contribution is -2.64. The van der Waals surface area contributed by atoms with Gasteiger partial charge in [0, 0.05) is 39.3 Å². The fourth-order valence-corrected chi connectivity index (χ4v) is 6.22. The maximum Gasteiger partial charge on any atom is 0.329 e. The number of ether oxygens (including phenoxy) is 3. The van der Waals surface area contributed by atoms with E-state index in [9.17, 15) is 9.59 Å². The highest BCUT2D eigenvalue weighted by Gasteiger charge is 2.39. The number of hydrogen-bond donors (Lipinski definition) is 3. The van der Waals surface area contributed by atoms with Crippen molar-refractivity contribution in [3.8, 4) is 5.75 Å². The van der Waals surface area contributed by atoms with Gasteiger partial charge in [-0.05, 0) is 88.1 Å². The predicted molar refractivity (Wildman–Crippen MR) is 222 cm³/mol. The highest BCUT2D eigenvalue weighted by atomic mass is 16.7. The van der Waals surface area contributed by atoms with Crippen LogP contribution in [0, 0.1) is 0 Å². The van der Waals surface area contributed by atoms with Crippen molar-refractivity contribution in [2.24, 2.45) is 0 Å². The maximum absolute atomic E-state index is 15.0. The Morgan fingerprint density at radius 2 is 1.45 bits per heavy atom. The van der Waals surface area contributed by atoms with E-state index in [-0.39, 0.29) is 37.6 Å². The van der Waals surface area contributed by atoms with Gasteiger partial charge in [-0.25, -0.2) is 9.80 Å². The van der Waals surface area contributed by atoms with Gasteiger partial charge in [0.05, 0.1) is 6.54 Å². The second-order valence-corrected chi connectivity index (χ2v) is 15.0. The first-order chi connectivity index (χ1) is 26.7. The highest BCUT2D eigenvalue weighted by Crippen LogP contribution is 2.23. The van der Waals surface area contributed by atoms with Gasteiger partial charge < -0.3 is 29.7 Å². The number of rotatable bonds is 20. The van der Waals surface area contributed by atoms with Gasteiger partial charge in [-0.15, -0.1) is 6.58 Å². The van der Waals surface area contributed by atoms with E-state index in [0.29, 0.717) is 25.5 Å². The predicted octanol–water partition coefficient (Wildman–Crippen LogP) is 7.15. The SMILES string of the molecule is C=CCN(NC(=O)NCc1ccccc1)C(C)(C)C(=O)N[C@@H](Cc1ccc(OC(C)(C)C)cc1)C(=O)N(Cc1cccc2ccccc12)CC(OCC)OCC. The van der Waals surface area contributed by atoms with Crippen molar-refractivity contribution in [3.05, 3.63) is 126 Å². The van der Waals surface area contributed by atoms with Crippen LogP contribution in [0.1, 0.15) is 65.2 Å². The molecule has 0 aliphatic carbocycles. The van der Waals surface area contributed by atoms with Crippen LogP contribution < -0.4 is 20.8 Å². The maximum atomic E-state index is 15.0. The van der Waals surface area contributed by atoms with Crippen LogP contribution in [0.25, 0.3) is 10.8 Å². The summed E-state index contributed by atoms with van der Waals surface area (Å²) >= 11 is 0. The van der Waals surface area contributed by atoms with Crippen molar-refractivity contribution in [2.75, 3.05) is 26.3 Å². The highest BCUT2D eigenvalue weighted by molar-refractivity contribution is 5.92. The van der Waals surface area contributed by atoms with Gasteiger partial charge in [0.15, 0.2) is 6.29 Å². The van der Waals surface area contributed by atoms with Crippen molar-refractivity contribution in [2.45, 2.75) is 91.4 Å². The Morgan fingerprint density at radius 1 is 0.804 bits per heavy atom. The van der Waals surface area contributed by atoms with Gasteiger partial charge in [-0.1, -0.05) is 91.0 Å². The van der Waals surface area contributed by atoms with Crippen molar-refractivity contribution in [3.63, 3.8) is 0 Å². The topological polar surface area (TPSA) is 121 Å². The smallest absolute Gasteiger partial charge is 0.329 e. The number of carbonyl (C=O) groups excluding carboxylic acids is 3. The average molecular weight is 766 g/mol. The Bertz CT molecular complexity index is 1860. The van der Waals surface area contributed by atoms with Gasteiger partial charge in [0.1, 0.15) is 22.9 Å². The molecule has 0 radical (unpaired) electrons. The lowest BCUT2D eigenvalue weighted by atomic mass is 9.99. The molecule has 1 atom stereocenters. The van der Waals surface area contributed by atoms with E-state index in [1.807, 2.05) is 132 Å². The summed E-state index contributed by atoms with van der Waals surface area (Å²) in [4.78, 5) is 44.2. The molecule has 0 aliphatic heterocycles. The molecule has 11 heteroatoms. The van der Waals surface area contributed by atoms with E-state index < -0.39 is 29.8 Å². The minimum Gasteiger partial charge on any atom is -0.488 e. The average Bonchev–Trinajstić information content (AvgIpc) is 3.17. The molecule has 0 spiro atoms. The molecule has 300 valence electrons. The van der Waals surface area contributed by atoms with E-state index in [2.05, 4.69) is 22.6 Å². The normalized spacial score (nSPS) is 12.3. The summed E-state index contributed by atoms with van der Waals surface area (Å²) in [7, 11) is 0. The minimum absolute atomic E-state index is 0.129. The Labute approximate surface area is 332 Å². The second kappa shape index (κ2) is 20.6. The fraction of sp³-hybridized carbons (Fsp3) is 0.400. The molecule has 4 amide bonds. The number of amides is 4. The largest absolute Gasteiger partial charge is 0.488 e. The van der Waals surface area contributed by atoms with Gasteiger partial charge in [-0.2, -0.15) is 0 Å². The van der Waals surface area contributed by atoms with Crippen molar-refractivity contribution >= 4 is 28.6 Å². The molecule has 0 bridgehead atoms. The molecule has 0 aliphatic rings. The number of carbonyl (C=O) groups is 3. The van der Waals surface area contributed by atoms with Crippen LogP contribution in [0.4, 0.5) is 4.79 Å². The molecule has 0 heterocycles. The zero-order valence-electron chi connectivity index (χ0n) is 34.0. The van der Waals surface area contributed by atoms with Crippen molar-refractivity contribution < 1.29 is 28.6 Å². The number of hydrogen-bond acceptors (Lipinski definition) is 7. The minimum atomic E-state index is -1.32. The number of hydrazine groups is 1. The number of urea groups is 1. The molecule has 0 unspecified atom stereocenters. The van der Waals surface area contributed by atoms with E-state index in [1.54, 1.807) is 24.8 Å². The molecule has 4 aromatic rings. The summed E-state index contributed by atoms with van der Waals surface area (Å²) in [6, 6.07) is 29.6. The molecule has 4 aromatic carbocycles. The van der Waals surface area contributed by atoms with Gasteiger partial charge in [0.2, 0.25) is 11.8 Å². The molecule has 56 heavy (non-hydrogen) atoms. The molecule has 11 nitrogen and oxygen atoms in total. The molecule has 0 aromatic heterocycles. The summed E-state index contributed by atoms with van der Waals surface area (Å²) in [5, 5.41) is 9.50. The third kappa shape index (κ3) is 12.9. The molecular formula is C45H59N5O6. The Hall–Kier alpha value is -5.23. The van der Waals surface area contributed by atoms with Crippen LogP contribution in [-0.4, -0.2) is 77.5 Å². The van der Waals surface area contributed by atoms with Gasteiger partial charge >= 0.3 is 6.03 Å². The van der Waals surface area contributed by atoms with E-state index in [0.717, 1.165) is 27.5 Å². The van der Waals surface area contributed by atoms with Crippen LogP contribution in [0.5, 0.6) is 5.75 Å². The van der Waals surface area contributed by atoms with Crippen LogP contribution in [0.3, 0.4) is 0 Å². The molecule has 0 fully saturated rings. The summed E-state index contributed by atoms with van der Waals surface area (Å²) in [5.41, 5.74) is 3.81. The van der Waals surface area contributed by atoms with Crippen molar-refractivity contribution in [1.82, 2.24) is 26.0 Å². The first-order valence-electron chi connectivity index (χ1n) is 19.3. The van der Waals surface area contributed by atoms with Crippen LogP contribution in [-0.2, 0) is 38.6 Å². The fourth-order valence-electron chi connectivity index (χ4n) is 6.22. The lowest BCUT2D eigenvalue weighted by molar-refractivity contribution is -0.161. The summed E-state index contributed by atoms with van der Waals surface area (Å²) < 4.78 is 17.9. The standard InChI is InChI=1S/C45H59N5O6/c1-9-28-50(48-43(53)46-30-34-18-13-12-14-19-34)45(7,8)42(52)47-39(29-33-24-26-37(27-25-33)56-44(4,5)6)41(51)49(32-40(54-10-2)55-11-3)31-36-22-17-21-35-20-15-16-23-38(35)36/h9,12-27,39-40H,1,10-11,28-32H2,2-8H3,(H,47,52)(H2,46,48,53)/t39-/m0/s1. The van der Waals surface area contributed by atoms with Gasteiger partial charge in [0.25, 0.3) is 0 Å². The first-order valence-corrected chi connectivity index (χ1v) is 19.3. The number of benzene rings is 4. The molecular weight excluding hydrogens is 707 g/mol. The number of fused-ring (bicyclic) bond motifs is 1. The monoisotopic (exact) mass is 765 g/mol. The molecule has 4 rings (SSSR count). The number of nitrogens with one attached hydrogen (secondary N) is 3. The van der Waals surface area contributed by atoms with Gasteiger partial charge in [-0.3, -0.25) is 15.0 Å². The summed E-state index contributed by atoms with van der Waals surface area (Å²) in [6.45, 7) is 18.6. The zero-order chi connectivity index (χ0) is 40.7. The zero-order valence-corrected chi connectivity index (χ0v) is 34.0. The Balaban J connectivity index is 1.67. The summed E-state index contributed by atoms with van der Waals surface area (Å²) in [6.07, 6.45) is 1.10. The molecule has 0 saturated heterocycles. The van der Waals surface area contributed by atoms with Crippen LogP contribution in [0.2, 0.25) is 0 Å². The first kappa shape index (κ1) is 43.5. The Morgan fingerprint density at radius 3 is 2.09 bits per heavy atom. The van der Waals surface area contributed by atoms with E-state index in [1.165, 1.54) is 5.01 Å². The molecule has 3 N–H and O–H groups in total. The third-order valence-corrected chi connectivity index (χ3v) is 9.09. The van der Waals surface area contributed by atoms with Crippen LogP contribution >= 0.6 is 0 Å².